The molecule has 0 rings (SSSR count). The second-order valence-electron chi connectivity index (χ2n) is 2.02. The molecule has 0 saturated carbocycles. The van der Waals surface area contributed by atoms with Crippen LogP contribution in [0, 0.1) is 0 Å². The number of allylic oxidation sites excluding steroid dienone is 1. The van der Waals surface area contributed by atoms with Crippen molar-refractivity contribution >= 4 is 18.3 Å². The summed E-state index contributed by atoms with van der Waals surface area (Å²) < 4.78 is 0. The molecule has 0 saturated heterocycles. The summed E-state index contributed by atoms with van der Waals surface area (Å²) in [6, 6.07) is -1.68. The first kappa shape index (κ1) is 11.0. The lowest BCUT2D eigenvalue weighted by Crippen LogP contribution is -2.50. The molecule has 0 aromatic carbocycles. The van der Waals surface area contributed by atoms with Crippen LogP contribution < -0.4 is 22.1 Å². The number of rotatable bonds is 4. The van der Waals surface area contributed by atoms with E-state index in [1.807, 2.05) is 0 Å². The summed E-state index contributed by atoms with van der Waals surface area (Å²) >= 11 is 0. The van der Waals surface area contributed by atoms with Crippen LogP contribution in [0.25, 0.3) is 0 Å². The van der Waals surface area contributed by atoms with Gasteiger partial charge in [-0.1, -0.05) is 0 Å². The lowest BCUT2D eigenvalue weighted by molar-refractivity contribution is -0.104. The molecule has 0 unspecified atom stereocenters. The predicted octanol–water partition coefficient (Wildman–Crippen LogP) is -1.60. The summed E-state index contributed by atoms with van der Waals surface area (Å²) in [6.45, 7) is 0. The van der Waals surface area contributed by atoms with Crippen molar-refractivity contribution in [3.8, 4) is 0 Å². The van der Waals surface area contributed by atoms with Crippen molar-refractivity contribution in [2.45, 2.75) is 6.17 Å². The fourth-order valence-corrected chi connectivity index (χ4v) is 0.595. The van der Waals surface area contributed by atoms with Crippen molar-refractivity contribution in [2.75, 3.05) is 0 Å². The van der Waals surface area contributed by atoms with Gasteiger partial charge in [-0.05, 0) is 12.2 Å². The highest BCUT2D eigenvalue weighted by molar-refractivity contribution is 5.76. The predicted molar refractivity (Wildman–Crippen MR) is 44.4 cm³/mol. The van der Waals surface area contributed by atoms with Crippen LogP contribution >= 0.6 is 0 Å². The minimum atomic E-state index is -0.875. The Morgan fingerprint density at radius 3 is 1.92 bits per heavy atom. The van der Waals surface area contributed by atoms with Crippen molar-refractivity contribution in [2.24, 2.45) is 11.5 Å². The largest absolute Gasteiger partial charge is 0.352 e. The Hall–Kier alpha value is -2.05. The Labute approximate surface area is 74.1 Å². The van der Waals surface area contributed by atoms with Crippen LogP contribution in [0.2, 0.25) is 0 Å². The summed E-state index contributed by atoms with van der Waals surface area (Å²) in [4.78, 5) is 30.6. The maximum atomic E-state index is 10.4. The molecule has 0 aliphatic carbocycles. The molecule has 7 nitrogen and oxygen atoms in total. The van der Waals surface area contributed by atoms with Crippen LogP contribution in [0.3, 0.4) is 0 Å². The zero-order valence-electron chi connectivity index (χ0n) is 6.69. The lowest BCUT2D eigenvalue weighted by atomic mass is 10.4. The van der Waals surface area contributed by atoms with Gasteiger partial charge in [-0.3, -0.25) is 4.79 Å². The van der Waals surface area contributed by atoms with E-state index in [1.165, 1.54) is 6.08 Å². The monoisotopic (exact) mass is 186 g/mol. The van der Waals surface area contributed by atoms with Crippen LogP contribution in [0.5, 0.6) is 0 Å². The van der Waals surface area contributed by atoms with E-state index in [0.29, 0.717) is 6.29 Å². The molecule has 0 heterocycles. The third-order valence-corrected chi connectivity index (χ3v) is 0.978. The van der Waals surface area contributed by atoms with Crippen molar-refractivity contribution in [1.82, 2.24) is 10.6 Å². The molecule has 0 aromatic heterocycles. The molecule has 0 atom stereocenters. The Morgan fingerprint density at radius 2 is 1.62 bits per heavy atom. The third kappa shape index (κ3) is 6.35. The van der Waals surface area contributed by atoms with E-state index < -0.39 is 18.2 Å². The van der Waals surface area contributed by atoms with E-state index >= 15 is 0 Å². The number of primary amides is 2. The molecule has 7 heteroatoms. The van der Waals surface area contributed by atoms with Gasteiger partial charge in [0.2, 0.25) is 0 Å². The average Bonchev–Trinajstić information content (AvgIpc) is 1.98. The van der Waals surface area contributed by atoms with Gasteiger partial charge in [-0.15, -0.1) is 0 Å². The van der Waals surface area contributed by atoms with Crippen LogP contribution in [0.15, 0.2) is 12.2 Å². The maximum Gasteiger partial charge on any atom is 0.314 e. The fraction of sp³-hybridized carbons (Fsp3) is 0.167. The molecule has 13 heavy (non-hydrogen) atoms. The first-order valence-corrected chi connectivity index (χ1v) is 3.30. The first-order valence-electron chi connectivity index (χ1n) is 3.30. The molecule has 0 aliphatic heterocycles. The van der Waals surface area contributed by atoms with Crippen LogP contribution in [0.1, 0.15) is 0 Å². The first-order chi connectivity index (χ1) is 6.06. The summed E-state index contributed by atoms with van der Waals surface area (Å²) in [5.41, 5.74) is 9.55. The fourth-order valence-electron chi connectivity index (χ4n) is 0.595. The molecule has 6 N–H and O–H groups in total. The van der Waals surface area contributed by atoms with Crippen molar-refractivity contribution in [3.05, 3.63) is 12.2 Å². The number of nitrogens with two attached hydrogens (primary N) is 2. The molecule has 0 spiro atoms. The number of hydrogen-bond acceptors (Lipinski definition) is 3. The minimum Gasteiger partial charge on any atom is -0.352 e. The summed E-state index contributed by atoms with van der Waals surface area (Å²) in [5.74, 6) is 0. The van der Waals surface area contributed by atoms with E-state index in [2.05, 4.69) is 10.6 Å². The van der Waals surface area contributed by atoms with E-state index in [0.717, 1.165) is 6.08 Å². The molecule has 0 bridgehead atoms. The van der Waals surface area contributed by atoms with Gasteiger partial charge in [0.05, 0.1) is 0 Å². The second kappa shape index (κ2) is 5.58. The lowest BCUT2D eigenvalue weighted by Gasteiger charge is -2.12. The Kier molecular flexibility index (Phi) is 4.70. The molecular weight excluding hydrogens is 176 g/mol. The molecular formula is C6H10N4O3. The van der Waals surface area contributed by atoms with Gasteiger partial charge < -0.3 is 22.1 Å². The van der Waals surface area contributed by atoms with Gasteiger partial charge in [-0.25, -0.2) is 9.59 Å². The highest BCUT2D eigenvalue weighted by Crippen LogP contribution is 1.80. The third-order valence-electron chi connectivity index (χ3n) is 0.978. The molecule has 0 radical (unpaired) electrons. The van der Waals surface area contributed by atoms with Crippen LogP contribution in [0.4, 0.5) is 9.59 Å². The van der Waals surface area contributed by atoms with Crippen molar-refractivity contribution in [1.29, 1.82) is 0 Å². The highest BCUT2D eigenvalue weighted by Gasteiger charge is 2.06. The van der Waals surface area contributed by atoms with Crippen LogP contribution in [-0.2, 0) is 4.79 Å². The van der Waals surface area contributed by atoms with E-state index in [4.69, 9.17) is 11.5 Å². The second-order valence-corrected chi connectivity index (χ2v) is 2.02. The number of amides is 4. The zero-order valence-corrected chi connectivity index (χ0v) is 6.69. The van der Waals surface area contributed by atoms with Crippen molar-refractivity contribution < 1.29 is 14.4 Å². The van der Waals surface area contributed by atoms with E-state index in [1.54, 1.807) is 0 Å². The number of aldehydes is 1. The molecule has 0 aliphatic rings. The van der Waals surface area contributed by atoms with E-state index in [9.17, 15) is 14.4 Å². The smallest absolute Gasteiger partial charge is 0.314 e. The summed E-state index contributed by atoms with van der Waals surface area (Å²) in [7, 11) is 0. The Bertz CT molecular complexity index is 222. The molecule has 4 amide bonds. The van der Waals surface area contributed by atoms with Gasteiger partial charge in [-0.2, -0.15) is 0 Å². The number of hydrogen-bond donors (Lipinski definition) is 4. The summed E-state index contributed by atoms with van der Waals surface area (Å²) in [5, 5.41) is 4.25. The highest BCUT2D eigenvalue weighted by atomic mass is 16.2. The Morgan fingerprint density at radius 1 is 1.15 bits per heavy atom. The van der Waals surface area contributed by atoms with Gasteiger partial charge in [0, 0.05) is 0 Å². The van der Waals surface area contributed by atoms with Crippen LogP contribution in [-0.4, -0.2) is 24.5 Å². The maximum absolute atomic E-state index is 10.4. The number of carbonyl (C=O) groups excluding carboxylic acids is 3. The number of carbonyl (C=O) groups is 3. The van der Waals surface area contributed by atoms with Crippen molar-refractivity contribution in [3.63, 3.8) is 0 Å². The van der Waals surface area contributed by atoms with Gasteiger partial charge in [0.15, 0.2) is 0 Å². The molecule has 0 aromatic rings. The average molecular weight is 186 g/mol. The van der Waals surface area contributed by atoms with Gasteiger partial charge in [0.1, 0.15) is 12.5 Å². The van der Waals surface area contributed by atoms with Gasteiger partial charge >= 0.3 is 12.1 Å². The minimum absolute atomic E-state index is 0.484. The van der Waals surface area contributed by atoms with Gasteiger partial charge in [0.25, 0.3) is 0 Å². The van der Waals surface area contributed by atoms with E-state index in [-0.39, 0.29) is 0 Å². The summed E-state index contributed by atoms with van der Waals surface area (Å²) in [6.07, 6.45) is 1.93. The standard InChI is InChI=1S/C6H10N4O3/c7-5(12)9-4(2-1-3-11)10-6(8)13/h1-4H,(H3,7,9,12)(H3,8,10,13). The zero-order chi connectivity index (χ0) is 10.3. The quantitative estimate of drug-likeness (QED) is 0.240. The topological polar surface area (TPSA) is 127 Å². The Balaban J connectivity index is 4.17. The number of nitrogens with one attached hydrogen (secondary N) is 2. The normalized spacial score (nSPS) is 9.92. The molecule has 72 valence electrons. The SMILES string of the molecule is NC(=O)NC(C=CC=O)NC(N)=O. The number of urea groups is 2. The molecule has 0 fully saturated rings.